The quantitative estimate of drug-likeness (QED) is 0.181. The van der Waals surface area contributed by atoms with E-state index in [0.29, 0.717) is 5.52 Å². The van der Waals surface area contributed by atoms with Gasteiger partial charge in [-0.15, -0.1) is 0 Å². The van der Waals surface area contributed by atoms with Crippen LogP contribution in [0.25, 0.3) is 89.0 Å². The van der Waals surface area contributed by atoms with Crippen molar-refractivity contribution in [1.82, 2.24) is 30.2 Å². The zero-order chi connectivity index (χ0) is 31.2. The van der Waals surface area contributed by atoms with E-state index >= 15 is 0 Å². The van der Waals surface area contributed by atoms with Crippen molar-refractivity contribution in [3.05, 3.63) is 146 Å². The lowest BCUT2D eigenvalue weighted by Gasteiger charge is -2.12. The standard InChI is InChI=1S/C40H24N6O/c1-2-8-27(9-3-1)39-30-17-19-35-40(46-47-45-35)38(30)31-22-28(16-18-32(31)44-39)25-12-14-26(15-13-25)29-23-36(33-10-4-6-20-41-33)43-37(24-29)34-11-5-7-21-42-34/h1-24H. The second-order valence-corrected chi connectivity index (χ2v) is 11.3. The van der Waals surface area contributed by atoms with Crippen molar-refractivity contribution in [2.24, 2.45) is 0 Å². The van der Waals surface area contributed by atoms with E-state index in [-0.39, 0.29) is 0 Å². The third kappa shape index (κ3) is 4.78. The van der Waals surface area contributed by atoms with Gasteiger partial charge in [-0.25, -0.2) is 14.6 Å². The highest BCUT2D eigenvalue weighted by molar-refractivity contribution is 6.21. The summed E-state index contributed by atoms with van der Waals surface area (Å²) in [6, 6.07) is 45.1. The van der Waals surface area contributed by atoms with Gasteiger partial charge in [0.25, 0.3) is 0 Å². The highest BCUT2D eigenvalue weighted by Gasteiger charge is 2.17. The molecule has 0 aliphatic carbocycles. The van der Waals surface area contributed by atoms with Gasteiger partial charge in [0.1, 0.15) is 11.0 Å². The molecule has 4 aromatic carbocycles. The van der Waals surface area contributed by atoms with E-state index in [1.807, 2.05) is 60.7 Å². The number of aromatic nitrogens is 6. The number of nitrogens with zero attached hydrogens (tertiary/aromatic N) is 6. The van der Waals surface area contributed by atoms with Gasteiger partial charge >= 0.3 is 0 Å². The molecule has 7 heteroatoms. The number of pyridine rings is 4. The second-order valence-electron chi connectivity index (χ2n) is 11.3. The smallest absolute Gasteiger partial charge is 0.143 e. The molecule has 5 heterocycles. The maximum atomic E-state index is 5.18. The molecular weight excluding hydrogens is 580 g/mol. The van der Waals surface area contributed by atoms with Crippen LogP contribution < -0.4 is 0 Å². The normalized spacial score (nSPS) is 11.4. The summed E-state index contributed by atoms with van der Waals surface area (Å²) in [5, 5.41) is 11.4. The summed E-state index contributed by atoms with van der Waals surface area (Å²) in [5.41, 5.74) is 11.8. The Morgan fingerprint density at radius 2 is 1.04 bits per heavy atom. The Balaban J connectivity index is 1.16. The van der Waals surface area contributed by atoms with Crippen LogP contribution in [0.4, 0.5) is 0 Å². The lowest BCUT2D eigenvalue weighted by atomic mass is 9.95. The third-order valence-corrected chi connectivity index (χ3v) is 8.46. The lowest BCUT2D eigenvalue weighted by Crippen LogP contribution is -1.94. The van der Waals surface area contributed by atoms with Gasteiger partial charge in [0.05, 0.1) is 34.0 Å². The molecule has 0 aliphatic heterocycles. The number of hydrogen-bond acceptors (Lipinski definition) is 7. The van der Waals surface area contributed by atoms with Crippen molar-refractivity contribution in [2.45, 2.75) is 0 Å². The molecule has 220 valence electrons. The fourth-order valence-electron chi connectivity index (χ4n) is 6.17. The fourth-order valence-corrected chi connectivity index (χ4v) is 6.17. The molecule has 0 aliphatic rings. The van der Waals surface area contributed by atoms with E-state index < -0.39 is 0 Å². The molecule has 0 amide bonds. The number of hydrogen-bond donors (Lipinski definition) is 0. The Morgan fingerprint density at radius 1 is 0.404 bits per heavy atom. The van der Waals surface area contributed by atoms with Crippen molar-refractivity contribution in [1.29, 1.82) is 0 Å². The zero-order valence-corrected chi connectivity index (χ0v) is 24.9. The van der Waals surface area contributed by atoms with Gasteiger partial charge in [0, 0.05) is 34.1 Å². The largest absolute Gasteiger partial charge is 0.255 e. The van der Waals surface area contributed by atoms with E-state index in [1.165, 1.54) is 0 Å². The third-order valence-electron chi connectivity index (χ3n) is 8.46. The molecule has 0 radical (unpaired) electrons. The SMILES string of the molecule is c1ccc(-c2nc3ccc(-c4ccc(-c5cc(-c6ccccn6)nc(-c6ccccn6)c5)cc4)cc3c3c2ccc2nonc23)cc1. The lowest BCUT2D eigenvalue weighted by molar-refractivity contribution is 0.316. The predicted octanol–water partition coefficient (Wildman–Crippen LogP) is 9.44. The van der Waals surface area contributed by atoms with E-state index in [9.17, 15) is 0 Å². The van der Waals surface area contributed by atoms with Crippen LogP contribution in [-0.2, 0) is 0 Å². The Kier molecular flexibility index (Phi) is 6.31. The molecular formula is C40H24N6O. The maximum Gasteiger partial charge on any atom is 0.143 e. The van der Waals surface area contributed by atoms with Crippen molar-refractivity contribution in [3.8, 4) is 56.3 Å². The van der Waals surface area contributed by atoms with Crippen LogP contribution >= 0.6 is 0 Å². The Bertz CT molecular complexity index is 2490. The van der Waals surface area contributed by atoms with E-state index in [2.05, 4.69) is 93.1 Å². The number of rotatable bonds is 5. The second kappa shape index (κ2) is 11.1. The van der Waals surface area contributed by atoms with Crippen LogP contribution in [0.2, 0.25) is 0 Å². The summed E-state index contributed by atoms with van der Waals surface area (Å²) in [6.45, 7) is 0. The minimum absolute atomic E-state index is 0.714. The molecule has 0 saturated carbocycles. The first-order chi connectivity index (χ1) is 23.3. The summed E-state index contributed by atoms with van der Waals surface area (Å²) in [6.07, 6.45) is 3.57. The molecule has 0 atom stereocenters. The maximum absolute atomic E-state index is 5.18. The monoisotopic (exact) mass is 604 g/mol. The number of fused-ring (bicyclic) bond motifs is 5. The molecule has 5 aromatic heterocycles. The van der Waals surface area contributed by atoms with Crippen LogP contribution in [-0.4, -0.2) is 30.2 Å². The molecule has 9 aromatic rings. The first kappa shape index (κ1) is 26.8. The summed E-state index contributed by atoms with van der Waals surface area (Å²) in [7, 11) is 0. The van der Waals surface area contributed by atoms with Gasteiger partial charge in [-0.1, -0.05) is 72.8 Å². The molecule has 0 N–H and O–H groups in total. The highest BCUT2D eigenvalue weighted by atomic mass is 16.6. The molecule has 0 fully saturated rings. The Morgan fingerprint density at radius 3 is 1.72 bits per heavy atom. The molecule has 47 heavy (non-hydrogen) atoms. The Hall–Kier alpha value is -6.60. The Labute approximate surface area is 269 Å². The fraction of sp³-hybridized carbons (Fsp3) is 0. The molecule has 0 spiro atoms. The average Bonchev–Trinajstić information content (AvgIpc) is 3.65. The summed E-state index contributed by atoms with van der Waals surface area (Å²) >= 11 is 0. The molecule has 0 unspecified atom stereocenters. The van der Waals surface area contributed by atoms with Crippen LogP contribution in [0.3, 0.4) is 0 Å². The average molecular weight is 605 g/mol. The summed E-state index contributed by atoms with van der Waals surface area (Å²) < 4.78 is 5.18. The van der Waals surface area contributed by atoms with Crippen LogP contribution in [0.1, 0.15) is 0 Å². The minimum atomic E-state index is 0.714. The molecule has 0 saturated heterocycles. The zero-order valence-electron chi connectivity index (χ0n) is 24.9. The molecule has 0 bridgehead atoms. The predicted molar refractivity (Wildman–Crippen MR) is 185 cm³/mol. The van der Waals surface area contributed by atoms with Gasteiger partial charge < -0.3 is 0 Å². The van der Waals surface area contributed by atoms with Gasteiger partial charge in [-0.2, -0.15) is 0 Å². The van der Waals surface area contributed by atoms with Gasteiger partial charge in [-0.05, 0) is 93.2 Å². The van der Waals surface area contributed by atoms with Crippen LogP contribution in [0.15, 0.2) is 150 Å². The van der Waals surface area contributed by atoms with Gasteiger partial charge in [-0.3, -0.25) is 9.97 Å². The first-order valence-electron chi connectivity index (χ1n) is 15.3. The van der Waals surface area contributed by atoms with Crippen molar-refractivity contribution in [2.75, 3.05) is 0 Å². The van der Waals surface area contributed by atoms with E-state index in [1.54, 1.807) is 12.4 Å². The number of benzene rings is 4. The van der Waals surface area contributed by atoms with Crippen molar-refractivity contribution < 1.29 is 4.63 Å². The van der Waals surface area contributed by atoms with E-state index in [0.717, 1.165) is 83.5 Å². The highest BCUT2D eigenvalue weighted by Crippen LogP contribution is 2.38. The van der Waals surface area contributed by atoms with E-state index in [4.69, 9.17) is 14.6 Å². The van der Waals surface area contributed by atoms with Crippen molar-refractivity contribution in [3.63, 3.8) is 0 Å². The minimum Gasteiger partial charge on any atom is -0.255 e. The summed E-state index contributed by atoms with van der Waals surface area (Å²) in [5.74, 6) is 0. The van der Waals surface area contributed by atoms with Gasteiger partial charge in [0.2, 0.25) is 0 Å². The van der Waals surface area contributed by atoms with Crippen LogP contribution in [0, 0.1) is 0 Å². The first-order valence-corrected chi connectivity index (χ1v) is 15.3. The molecule has 9 rings (SSSR count). The van der Waals surface area contributed by atoms with Crippen molar-refractivity contribution >= 4 is 32.7 Å². The van der Waals surface area contributed by atoms with Crippen LogP contribution in [0.5, 0.6) is 0 Å². The van der Waals surface area contributed by atoms with Gasteiger partial charge in [0.15, 0.2) is 0 Å². The topological polar surface area (TPSA) is 90.5 Å². The summed E-state index contributed by atoms with van der Waals surface area (Å²) in [4.78, 5) is 19.1. The molecule has 7 nitrogen and oxygen atoms in total.